The Morgan fingerprint density at radius 1 is 1.57 bits per heavy atom. The molecule has 0 saturated heterocycles. The Labute approximate surface area is 87.8 Å². The third-order valence-electron chi connectivity index (χ3n) is 1.54. The number of aromatic nitrogens is 2. The van der Waals surface area contributed by atoms with Gasteiger partial charge >= 0.3 is 0 Å². The summed E-state index contributed by atoms with van der Waals surface area (Å²) in [5.41, 5.74) is 6.72. The van der Waals surface area contributed by atoms with E-state index < -0.39 is 0 Å². The van der Waals surface area contributed by atoms with E-state index in [1.807, 2.05) is 6.92 Å². The Morgan fingerprint density at radius 3 is 2.86 bits per heavy atom. The molecule has 0 aliphatic heterocycles. The van der Waals surface area contributed by atoms with Gasteiger partial charge in [-0.2, -0.15) is 0 Å². The maximum absolute atomic E-state index is 7.28. The van der Waals surface area contributed by atoms with E-state index in [4.69, 9.17) is 11.1 Å². The minimum atomic E-state index is -0.00570. The molecule has 76 valence electrons. The van der Waals surface area contributed by atoms with Gasteiger partial charge in [-0.3, -0.25) is 5.41 Å². The average Bonchev–Trinajstić information content (AvgIpc) is 2.14. The van der Waals surface area contributed by atoms with Crippen molar-refractivity contribution in [2.75, 3.05) is 5.75 Å². The standard InChI is InChI=1S/C9H14N4S/c1-3-4-14-9-12-6(2)5-7(13-9)8(10)11/h5H,3-4H2,1-2H3,(H3,10,11). The monoisotopic (exact) mass is 210 g/mol. The molecule has 1 aromatic heterocycles. The van der Waals surface area contributed by atoms with Crippen LogP contribution in [-0.2, 0) is 0 Å². The Balaban J connectivity index is 2.89. The predicted octanol–water partition coefficient (Wildman–Crippen LogP) is 1.57. The molecule has 0 saturated carbocycles. The summed E-state index contributed by atoms with van der Waals surface area (Å²) in [6, 6.07) is 1.72. The molecule has 3 N–H and O–H groups in total. The zero-order valence-corrected chi connectivity index (χ0v) is 9.19. The van der Waals surface area contributed by atoms with Crippen LogP contribution in [0.3, 0.4) is 0 Å². The molecule has 4 nitrogen and oxygen atoms in total. The van der Waals surface area contributed by atoms with Gasteiger partial charge in [0.1, 0.15) is 11.5 Å². The molecule has 0 aliphatic carbocycles. The number of hydrogen-bond donors (Lipinski definition) is 2. The van der Waals surface area contributed by atoms with Gasteiger partial charge in [0.05, 0.1) is 0 Å². The maximum Gasteiger partial charge on any atom is 0.188 e. The summed E-state index contributed by atoms with van der Waals surface area (Å²) in [6.45, 7) is 3.98. The van der Waals surface area contributed by atoms with Gasteiger partial charge in [-0.05, 0) is 19.4 Å². The van der Waals surface area contributed by atoms with Crippen molar-refractivity contribution in [3.63, 3.8) is 0 Å². The topological polar surface area (TPSA) is 75.7 Å². The molecule has 0 atom stereocenters. The number of nitrogens with one attached hydrogen (secondary N) is 1. The number of amidine groups is 1. The van der Waals surface area contributed by atoms with Crippen LogP contribution in [0.25, 0.3) is 0 Å². The zero-order valence-electron chi connectivity index (χ0n) is 8.37. The summed E-state index contributed by atoms with van der Waals surface area (Å²) >= 11 is 1.59. The van der Waals surface area contributed by atoms with Gasteiger partial charge in [0, 0.05) is 11.4 Å². The normalized spacial score (nSPS) is 10.1. The molecule has 0 amide bonds. The highest BCUT2D eigenvalue weighted by molar-refractivity contribution is 7.99. The summed E-state index contributed by atoms with van der Waals surface area (Å²) in [4.78, 5) is 8.43. The van der Waals surface area contributed by atoms with Gasteiger partial charge in [0.2, 0.25) is 0 Å². The van der Waals surface area contributed by atoms with Crippen LogP contribution in [0.4, 0.5) is 0 Å². The van der Waals surface area contributed by atoms with Crippen molar-refractivity contribution in [2.24, 2.45) is 5.73 Å². The average molecular weight is 210 g/mol. The molecule has 1 aromatic rings. The number of nitrogens with zero attached hydrogens (tertiary/aromatic N) is 2. The van der Waals surface area contributed by atoms with Gasteiger partial charge in [-0.25, -0.2) is 9.97 Å². The molecule has 0 bridgehead atoms. The van der Waals surface area contributed by atoms with Crippen LogP contribution in [-0.4, -0.2) is 21.6 Å². The second kappa shape index (κ2) is 4.95. The highest BCUT2D eigenvalue weighted by atomic mass is 32.2. The number of rotatable bonds is 4. The number of nitrogen functional groups attached to an aromatic ring is 1. The quantitative estimate of drug-likeness (QED) is 0.342. The van der Waals surface area contributed by atoms with Crippen molar-refractivity contribution in [1.29, 1.82) is 5.41 Å². The fourth-order valence-corrected chi connectivity index (χ4v) is 1.70. The smallest absolute Gasteiger partial charge is 0.188 e. The first-order chi connectivity index (χ1) is 6.63. The molecule has 14 heavy (non-hydrogen) atoms. The van der Waals surface area contributed by atoms with E-state index in [0.29, 0.717) is 10.9 Å². The van der Waals surface area contributed by atoms with Crippen LogP contribution in [0, 0.1) is 12.3 Å². The predicted molar refractivity (Wildman–Crippen MR) is 58.8 cm³/mol. The van der Waals surface area contributed by atoms with Crippen LogP contribution < -0.4 is 5.73 Å². The number of nitrogens with two attached hydrogens (primary N) is 1. The van der Waals surface area contributed by atoms with Gasteiger partial charge < -0.3 is 5.73 Å². The fourth-order valence-electron chi connectivity index (χ4n) is 0.937. The first kappa shape index (κ1) is 11.0. The van der Waals surface area contributed by atoms with Crippen molar-refractivity contribution in [2.45, 2.75) is 25.4 Å². The summed E-state index contributed by atoms with van der Waals surface area (Å²) < 4.78 is 0. The summed E-state index contributed by atoms with van der Waals surface area (Å²) in [7, 11) is 0. The molecule has 0 aromatic carbocycles. The van der Waals surface area contributed by atoms with E-state index in [-0.39, 0.29) is 5.84 Å². The van der Waals surface area contributed by atoms with E-state index in [2.05, 4.69) is 16.9 Å². The van der Waals surface area contributed by atoms with Crippen LogP contribution in [0.2, 0.25) is 0 Å². The SMILES string of the molecule is CCCSc1nc(C)cc(C(=N)N)n1. The summed E-state index contributed by atoms with van der Waals surface area (Å²) in [5, 5.41) is 7.99. The molecule has 1 heterocycles. The minimum Gasteiger partial charge on any atom is -0.382 e. The molecule has 0 radical (unpaired) electrons. The molecule has 0 aliphatic rings. The van der Waals surface area contributed by atoms with E-state index in [1.165, 1.54) is 0 Å². The Kier molecular flexibility index (Phi) is 3.88. The fraction of sp³-hybridized carbons (Fsp3) is 0.444. The Bertz CT molecular complexity index is 338. The van der Waals surface area contributed by atoms with Gasteiger partial charge in [0.15, 0.2) is 5.16 Å². The largest absolute Gasteiger partial charge is 0.382 e. The van der Waals surface area contributed by atoms with Crippen molar-refractivity contribution in [3.05, 3.63) is 17.5 Å². The van der Waals surface area contributed by atoms with Crippen molar-refractivity contribution in [3.8, 4) is 0 Å². The maximum atomic E-state index is 7.28. The zero-order chi connectivity index (χ0) is 10.6. The van der Waals surface area contributed by atoms with Crippen LogP contribution in [0.15, 0.2) is 11.2 Å². The highest BCUT2D eigenvalue weighted by Gasteiger charge is 2.04. The molecule has 5 heteroatoms. The van der Waals surface area contributed by atoms with Crippen molar-refractivity contribution < 1.29 is 0 Å². The van der Waals surface area contributed by atoms with E-state index >= 15 is 0 Å². The Hall–Kier alpha value is -1.10. The summed E-state index contributed by atoms with van der Waals surface area (Å²) in [6.07, 6.45) is 1.08. The second-order valence-electron chi connectivity index (χ2n) is 2.94. The highest BCUT2D eigenvalue weighted by Crippen LogP contribution is 2.14. The first-order valence-corrected chi connectivity index (χ1v) is 5.45. The lowest BCUT2D eigenvalue weighted by molar-refractivity contribution is 0.918. The number of hydrogen-bond acceptors (Lipinski definition) is 4. The molecule has 0 unspecified atom stereocenters. The lowest BCUT2D eigenvalue weighted by Gasteiger charge is -2.03. The lowest BCUT2D eigenvalue weighted by atomic mass is 10.3. The Morgan fingerprint density at radius 2 is 2.29 bits per heavy atom. The van der Waals surface area contributed by atoms with Crippen molar-refractivity contribution in [1.82, 2.24) is 9.97 Å². The van der Waals surface area contributed by atoms with Crippen molar-refractivity contribution >= 4 is 17.6 Å². The van der Waals surface area contributed by atoms with E-state index in [9.17, 15) is 0 Å². The second-order valence-corrected chi connectivity index (χ2v) is 4.00. The van der Waals surface area contributed by atoms with Gasteiger partial charge in [-0.1, -0.05) is 18.7 Å². The van der Waals surface area contributed by atoms with Crippen LogP contribution in [0.1, 0.15) is 24.7 Å². The van der Waals surface area contributed by atoms with Crippen LogP contribution >= 0.6 is 11.8 Å². The molecule has 1 rings (SSSR count). The summed E-state index contributed by atoms with van der Waals surface area (Å²) in [5.74, 6) is 0.981. The van der Waals surface area contributed by atoms with Crippen LogP contribution in [0.5, 0.6) is 0 Å². The van der Waals surface area contributed by atoms with Gasteiger partial charge in [0.25, 0.3) is 0 Å². The van der Waals surface area contributed by atoms with E-state index in [0.717, 1.165) is 17.9 Å². The molecular formula is C9H14N4S. The van der Waals surface area contributed by atoms with Gasteiger partial charge in [-0.15, -0.1) is 0 Å². The molecular weight excluding hydrogens is 196 g/mol. The molecule has 0 fully saturated rings. The lowest BCUT2D eigenvalue weighted by Crippen LogP contribution is -2.14. The first-order valence-electron chi connectivity index (χ1n) is 4.46. The minimum absolute atomic E-state index is 0.00570. The number of aryl methyl sites for hydroxylation is 1. The van der Waals surface area contributed by atoms with E-state index in [1.54, 1.807) is 17.8 Å². The third kappa shape index (κ3) is 2.99. The number of thioether (sulfide) groups is 1. The third-order valence-corrected chi connectivity index (χ3v) is 2.60. The molecule has 0 spiro atoms.